The van der Waals surface area contributed by atoms with E-state index in [1.54, 1.807) is 6.07 Å². The molecule has 104 valence electrons. The number of fused-ring (bicyclic) bond motifs is 1. The minimum atomic E-state index is -0.227. The van der Waals surface area contributed by atoms with Crippen LogP contribution in [0.2, 0.25) is 0 Å². The Labute approximate surface area is 117 Å². The zero-order valence-corrected chi connectivity index (χ0v) is 11.4. The van der Waals surface area contributed by atoms with E-state index in [1.165, 1.54) is 12.4 Å². The van der Waals surface area contributed by atoms with Gasteiger partial charge in [-0.1, -0.05) is 19.4 Å². The van der Waals surface area contributed by atoms with Gasteiger partial charge in [-0.15, -0.1) is 0 Å². The quantitative estimate of drug-likeness (QED) is 0.933. The van der Waals surface area contributed by atoms with Crippen molar-refractivity contribution in [2.75, 3.05) is 17.2 Å². The van der Waals surface area contributed by atoms with Crippen molar-refractivity contribution in [1.29, 1.82) is 0 Å². The van der Waals surface area contributed by atoms with Gasteiger partial charge in [0.2, 0.25) is 0 Å². The molecule has 0 fully saturated rings. The highest BCUT2D eigenvalue weighted by atomic mass is 19.1. The maximum Gasteiger partial charge on any atom is 0.141 e. The van der Waals surface area contributed by atoms with Crippen molar-refractivity contribution in [2.45, 2.75) is 26.2 Å². The van der Waals surface area contributed by atoms with Gasteiger partial charge in [-0.05, 0) is 30.5 Å². The fraction of sp³-hybridized carbons (Fsp3) is 0.333. The normalized spacial score (nSPS) is 13.6. The van der Waals surface area contributed by atoms with Gasteiger partial charge in [0.25, 0.3) is 0 Å². The number of nitrogens with zero attached hydrogens (tertiary/aromatic N) is 3. The highest BCUT2D eigenvalue weighted by molar-refractivity contribution is 5.71. The van der Waals surface area contributed by atoms with Crippen LogP contribution in [-0.2, 0) is 12.8 Å². The number of hydrogen-bond donors (Lipinski definition) is 1. The third kappa shape index (κ3) is 2.09. The zero-order valence-electron chi connectivity index (χ0n) is 11.4. The number of aromatic nitrogens is 2. The summed E-state index contributed by atoms with van der Waals surface area (Å²) in [7, 11) is 0. The fourth-order valence-electron chi connectivity index (χ4n) is 2.71. The number of anilines is 3. The third-order valence-electron chi connectivity index (χ3n) is 3.65. The van der Waals surface area contributed by atoms with Crippen molar-refractivity contribution in [3.05, 3.63) is 41.5 Å². The predicted molar refractivity (Wildman–Crippen MR) is 77.5 cm³/mol. The molecule has 1 aromatic carbocycles. The van der Waals surface area contributed by atoms with Crippen LogP contribution < -0.4 is 10.6 Å². The summed E-state index contributed by atoms with van der Waals surface area (Å²) in [6, 6.07) is 4.91. The van der Waals surface area contributed by atoms with Gasteiger partial charge < -0.3 is 10.6 Å². The van der Waals surface area contributed by atoms with Crippen LogP contribution in [0.1, 0.15) is 24.5 Å². The van der Waals surface area contributed by atoms with Crippen molar-refractivity contribution >= 4 is 17.3 Å². The maximum absolute atomic E-state index is 13.5. The van der Waals surface area contributed by atoms with E-state index in [-0.39, 0.29) is 5.82 Å². The van der Waals surface area contributed by atoms with Gasteiger partial charge in [0.05, 0.1) is 0 Å². The molecule has 1 aromatic heterocycles. The van der Waals surface area contributed by atoms with Gasteiger partial charge in [0, 0.05) is 17.8 Å². The van der Waals surface area contributed by atoms with Crippen LogP contribution in [0.5, 0.6) is 0 Å². The first-order valence-corrected chi connectivity index (χ1v) is 6.86. The first-order valence-electron chi connectivity index (χ1n) is 6.86. The molecule has 0 amide bonds. The van der Waals surface area contributed by atoms with Crippen LogP contribution in [0.3, 0.4) is 0 Å². The molecular formula is C15H17FN4. The SMILES string of the molecule is CCCc1c(N)ncnc1N1CCc2ccc(F)cc21. The summed E-state index contributed by atoms with van der Waals surface area (Å²) in [5.41, 5.74) is 8.96. The van der Waals surface area contributed by atoms with Gasteiger partial charge in [0.1, 0.15) is 23.8 Å². The molecule has 20 heavy (non-hydrogen) atoms. The number of hydrogen-bond acceptors (Lipinski definition) is 4. The minimum Gasteiger partial charge on any atom is -0.383 e. The van der Waals surface area contributed by atoms with E-state index in [0.717, 1.165) is 48.4 Å². The highest BCUT2D eigenvalue weighted by Gasteiger charge is 2.24. The summed E-state index contributed by atoms with van der Waals surface area (Å²) >= 11 is 0. The molecule has 0 unspecified atom stereocenters. The van der Waals surface area contributed by atoms with Crippen molar-refractivity contribution < 1.29 is 4.39 Å². The summed E-state index contributed by atoms with van der Waals surface area (Å²) in [5, 5.41) is 0. The first kappa shape index (κ1) is 12.8. The molecule has 2 aromatic rings. The lowest BCUT2D eigenvalue weighted by atomic mass is 10.1. The highest BCUT2D eigenvalue weighted by Crippen LogP contribution is 2.36. The average molecular weight is 272 g/mol. The summed E-state index contributed by atoms with van der Waals surface area (Å²) in [6.07, 6.45) is 4.16. The number of halogens is 1. The van der Waals surface area contributed by atoms with E-state index < -0.39 is 0 Å². The average Bonchev–Trinajstić information content (AvgIpc) is 2.84. The van der Waals surface area contributed by atoms with Crippen LogP contribution >= 0.6 is 0 Å². The van der Waals surface area contributed by atoms with Crippen molar-refractivity contribution in [3.63, 3.8) is 0 Å². The molecule has 0 saturated heterocycles. The van der Waals surface area contributed by atoms with E-state index in [1.807, 2.05) is 11.0 Å². The zero-order chi connectivity index (χ0) is 14.1. The molecule has 1 aliphatic heterocycles. The second kappa shape index (κ2) is 5.07. The van der Waals surface area contributed by atoms with Gasteiger partial charge >= 0.3 is 0 Å². The Kier molecular flexibility index (Phi) is 3.26. The Balaban J connectivity index is 2.08. The predicted octanol–water partition coefficient (Wildman–Crippen LogP) is 2.84. The van der Waals surface area contributed by atoms with Crippen LogP contribution in [0.15, 0.2) is 24.5 Å². The summed E-state index contributed by atoms with van der Waals surface area (Å²) in [4.78, 5) is 10.5. The first-order chi connectivity index (χ1) is 9.70. The second-order valence-corrected chi connectivity index (χ2v) is 4.99. The summed E-state index contributed by atoms with van der Waals surface area (Å²) in [5.74, 6) is 1.10. The number of nitrogen functional groups attached to an aromatic ring is 1. The molecule has 2 N–H and O–H groups in total. The molecule has 1 aliphatic rings. The molecule has 3 rings (SSSR count). The van der Waals surface area contributed by atoms with Crippen LogP contribution in [0.4, 0.5) is 21.7 Å². The Bertz CT molecular complexity index is 642. The molecule has 4 nitrogen and oxygen atoms in total. The molecule has 0 spiro atoms. The molecular weight excluding hydrogens is 255 g/mol. The lowest BCUT2D eigenvalue weighted by Gasteiger charge is -2.21. The van der Waals surface area contributed by atoms with Gasteiger partial charge in [-0.3, -0.25) is 0 Å². The fourth-order valence-corrected chi connectivity index (χ4v) is 2.71. The van der Waals surface area contributed by atoms with E-state index in [9.17, 15) is 4.39 Å². The lowest BCUT2D eigenvalue weighted by Crippen LogP contribution is -2.18. The van der Waals surface area contributed by atoms with Crippen molar-refractivity contribution in [2.24, 2.45) is 0 Å². The Hall–Kier alpha value is -2.17. The Morgan fingerprint density at radius 3 is 3.00 bits per heavy atom. The third-order valence-corrected chi connectivity index (χ3v) is 3.65. The van der Waals surface area contributed by atoms with E-state index in [2.05, 4.69) is 16.9 Å². The van der Waals surface area contributed by atoms with E-state index in [4.69, 9.17) is 5.73 Å². The minimum absolute atomic E-state index is 0.227. The Morgan fingerprint density at radius 2 is 2.20 bits per heavy atom. The van der Waals surface area contributed by atoms with Crippen molar-refractivity contribution in [1.82, 2.24) is 9.97 Å². The van der Waals surface area contributed by atoms with E-state index >= 15 is 0 Å². The van der Waals surface area contributed by atoms with Gasteiger partial charge in [0.15, 0.2) is 0 Å². The second-order valence-electron chi connectivity index (χ2n) is 4.99. The molecule has 2 heterocycles. The standard InChI is InChI=1S/C15H17FN4/c1-2-3-12-14(17)18-9-19-15(12)20-7-6-10-4-5-11(16)8-13(10)20/h4-5,8-9H,2-3,6-7H2,1H3,(H2,17,18,19). The topological polar surface area (TPSA) is 55.0 Å². The van der Waals surface area contributed by atoms with Crippen LogP contribution in [-0.4, -0.2) is 16.5 Å². The largest absolute Gasteiger partial charge is 0.383 e. The maximum atomic E-state index is 13.5. The Morgan fingerprint density at radius 1 is 1.35 bits per heavy atom. The van der Waals surface area contributed by atoms with Crippen LogP contribution in [0.25, 0.3) is 0 Å². The van der Waals surface area contributed by atoms with Gasteiger partial charge in [-0.2, -0.15) is 0 Å². The van der Waals surface area contributed by atoms with E-state index in [0.29, 0.717) is 5.82 Å². The smallest absolute Gasteiger partial charge is 0.141 e. The molecule has 0 atom stereocenters. The number of nitrogens with two attached hydrogens (primary N) is 1. The molecule has 0 saturated carbocycles. The molecule has 0 bridgehead atoms. The van der Waals surface area contributed by atoms with Crippen LogP contribution in [0, 0.1) is 5.82 Å². The number of rotatable bonds is 3. The molecule has 0 aliphatic carbocycles. The van der Waals surface area contributed by atoms with Crippen molar-refractivity contribution in [3.8, 4) is 0 Å². The lowest BCUT2D eigenvalue weighted by molar-refractivity contribution is 0.628. The monoisotopic (exact) mass is 272 g/mol. The summed E-state index contributed by atoms with van der Waals surface area (Å²) < 4.78 is 13.5. The van der Waals surface area contributed by atoms with Gasteiger partial charge in [-0.25, -0.2) is 14.4 Å². The summed E-state index contributed by atoms with van der Waals surface area (Å²) in [6.45, 7) is 2.89. The molecule has 5 heteroatoms. The number of benzene rings is 1. The molecule has 0 radical (unpaired) electrons.